The molecule has 2 aromatic rings. The van der Waals surface area contributed by atoms with Crippen molar-refractivity contribution in [2.24, 2.45) is 0 Å². The van der Waals surface area contributed by atoms with Crippen molar-refractivity contribution in [3.63, 3.8) is 0 Å². The molecular formula is C22H24F4N4O4. The van der Waals surface area contributed by atoms with E-state index in [0.717, 1.165) is 0 Å². The van der Waals surface area contributed by atoms with Crippen molar-refractivity contribution in [3.05, 3.63) is 52.5 Å². The van der Waals surface area contributed by atoms with E-state index in [-0.39, 0.29) is 43.8 Å². The minimum atomic E-state index is -4.29. The number of carbonyl (C=O) groups excluding carboxylic acids is 2. The summed E-state index contributed by atoms with van der Waals surface area (Å²) >= 11 is 0. The number of nitrogens with zero attached hydrogens (tertiary/aromatic N) is 3. The lowest BCUT2D eigenvalue weighted by Crippen LogP contribution is -2.34. The third-order valence-corrected chi connectivity index (χ3v) is 5.18. The number of amides is 2. The Labute approximate surface area is 193 Å². The Bertz CT molecular complexity index is 1050. The second kappa shape index (κ2) is 10.8. The van der Waals surface area contributed by atoms with Gasteiger partial charge in [-0.2, -0.15) is 8.78 Å². The fraction of sp³-hybridized carbons (Fsp3) is 0.455. The van der Waals surface area contributed by atoms with Gasteiger partial charge in [0.1, 0.15) is 0 Å². The first-order chi connectivity index (χ1) is 16.1. The summed E-state index contributed by atoms with van der Waals surface area (Å²) < 4.78 is 55.5. The Morgan fingerprint density at radius 1 is 1.35 bits per heavy atom. The lowest BCUT2D eigenvalue weighted by molar-refractivity contribution is -0.148. The maximum Gasteiger partial charge on any atom is 0.340 e. The van der Waals surface area contributed by atoms with E-state index in [2.05, 4.69) is 15.3 Å². The van der Waals surface area contributed by atoms with Gasteiger partial charge in [-0.15, -0.1) is 0 Å². The second-order valence-electron chi connectivity index (χ2n) is 7.86. The van der Waals surface area contributed by atoms with Crippen LogP contribution < -0.4 is 10.1 Å². The highest BCUT2D eigenvalue weighted by molar-refractivity contribution is 5.98. The van der Waals surface area contributed by atoms with Crippen molar-refractivity contribution in [1.82, 2.24) is 20.2 Å². The van der Waals surface area contributed by atoms with Crippen molar-refractivity contribution in [3.8, 4) is 5.88 Å². The largest absolute Gasteiger partial charge is 0.471 e. The second-order valence-corrected chi connectivity index (χ2v) is 7.86. The number of aliphatic hydroxyl groups excluding tert-OH is 1. The average molecular weight is 484 g/mol. The van der Waals surface area contributed by atoms with Crippen molar-refractivity contribution < 1.29 is 37.0 Å². The van der Waals surface area contributed by atoms with Crippen molar-refractivity contribution in [1.29, 1.82) is 0 Å². The quantitative estimate of drug-likeness (QED) is 0.375. The number of hydrogen-bond acceptors (Lipinski definition) is 6. The number of carbonyl (C=O) groups is 2. The maximum atomic E-state index is 13.1. The molecule has 0 aliphatic carbocycles. The molecule has 8 nitrogen and oxygen atoms in total. The number of hydrogen-bond donors (Lipinski definition) is 2. The highest BCUT2D eigenvalue weighted by atomic mass is 19.3. The number of aliphatic hydroxyl groups is 1. The maximum absolute atomic E-state index is 13.1. The zero-order chi connectivity index (χ0) is 24.9. The fourth-order valence-electron chi connectivity index (χ4n) is 3.45. The van der Waals surface area contributed by atoms with Gasteiger partial charge in [-0.1, -0.05) is 0 Å². The minimum Gasteiger partial charge on any atom is -0.471 e. The summed E-state index contributed by atoms with van der Waals surface area (Å²) in [7, 11) is 0. The Morgan fingerprint density at radius 2 is 2.12 bits per heavy atom. The van der Waals surface area contributed by atoms with Gasteiger partial charge in [0.25, 0.3) is 5.91 Å². The highest BCUT2D eigenvalue weighted by Crippen LogP contribution is 2.28. The topological polar surface area (TPSA) is 105 Å². The summed E-state index contributed by atoms with van der Waals surface area (Å²) in [5.74, 6) is -5.01. The summed E-state index contributed by atoms with van der Waals surface area (Å²) in [4.78, 5) is 34.7. The monoisotopic (exact) mass is 484 g/mol. The standard InChI is InChI=1S/C22H24F4N4O4/c1-13-7-14(9-29-19(13)34-12-22(25,26)21(23)24)10-30-11-16-15(20(30)33)3-5-27-17(16)8-18(32)28-4-2-6-31/h3,5,7,9,21,31H,2,4,6,8,10-12H2,1H3,(H,28,32). The normalized spacial score (nSPS) is 13.4. The van der Waals surface area contributed by atoms with Gasteiger partial charge in [0, 0.05) is 55.3 Å². The van der Waals surface area contributed by atoms with Crippen LogP contribution in [0.25, 0.3) is 0 Å². The van der Waals surface area contributed by atoms with E-state index in [1.165, 1.54) is 24.2 Å². The molecule has 34 heavy (non-hydrogen) atoms. The minimum absolute atomic E-state index is 0.00826. The van der Waals surface area contributed by atoms with Crippen LogP contribution in [0.1, 0.15) is 39.2 Å². The van der Waals surface area contributed by atoms with Gasteiger partial charge in [0.2, 0.25) is 11.8 Å². The first kappa shape index (κ1) is 25.3. The molecule has 3 rings (SSSR count). The smallest absolute Gasteiger partial charge is 0.340 e. The Morgan fingerprint density at radius 3 is 2.79 bits per heavy atom. The molecule has 2 N–H and O–H groups in total. The van der Waals surface area contributed by atoms with E-state index in [4.69, 9.17) is 9.84 Å². The number of ether oxygens (including phenoxy) is 1. The van der Waals surface area contributed by atoms with E-state index in [1.807, 2.05) is 0 Å². The molecule has 0 unspecified atom stereocenters. The van der Waals surface area contributed by atoms with Crippen LogP contribution in [0.4, 0.5) is 17.6 Å². The molecule has 1 aliphatic heterocycles. The molecule has 2 amide bonds. The van der Waals surface area contributed by atoms with Crippen LogP contribution in [0.3, 0.4) is 0 Å². The first-order valence-electron chi connectivity index (χ1n) is 10.5. The van der Waals surface area contributed by atoms with Crippen LogP contribution in [0.15, 0.2) is 24.5 Å². The van der Waals surface area contributed by atoms with Crippen molar-refractivity contribution in [2.75, 3.05) is 19.8 Å². The van der Waals surface area contributed by atoms with Crippen LogP contribution in [0, 0.1) is 6.92 Å². The van der Waals surface area contributed by atoms with Gasteiger partial charge in [-0.25, -0.2) is 13.8 Å². The van der Waals surface area contributed by atoms with E-state index in [9.17, 15) is 27.2 Å². The van der Waals surface area contributed by atoms with Gasteiger partial charge < -0.3 is 20.1 Å². The summed E-state index contributed by atoms with van der Waals surface area (Å²) in [6, 6.07) is 3.15. The van der Waals surface area contributed by atoms with E-state index < -0.39 is 19.0 Å². The molecule has 0 atom stereocenters. The lowest BCUT2D eigenvalue weighted by Gasteiger charge is -2.18. The van der Waals surface area contributed by atoms with Crippen molar-refractivity contribution >= 4 is 11.8 Å². The zero-order valence-electron chi connectivity index (χ0n) is 18.4. The predicted molar refractivity (Wildman–Crippen MR) is 112 cm³/mol. The molecule has 12 heteroatoms. The number of alkyl halides is 4. The Balaban J connectivity index is 1.66. The molecule has 1 aliphatic rings. The molecule has 0 aromatic carbocycles. The average Bonchev–Trinajstić information content (AvgIpc) is 3.09. The molecule has 3 heterocycles. The van der Waals surface area contributed by atoms with Crippen LogP contribution >= 0.6 is 0 Å². The fourth-order valence-corrected chi connectivity index (χ4v) is 3.45. The number of nitrogens with one attached hydrogen (secondary N) is 1. The van der Waals surface area contributed by atoms with Crippen LogP contribution in [-0.2, 0) is 24.3 Å². The zero-order valence-corrected chi connectivity index (χ0v) is 18.4. The molecule has 0 saturated heterocycles. The number of fused-ring (bicyclic) bond motifs is 1. The third kappa shape index (κ3) is 5.99. The summed E-state index contributed by atoms with van der Waals surface area (Å²) in [5, 5.41) is 11.5. The number of aryl methyl sites for hydroxylation is 1. The summed E-state index contributed by atoms with van der Waals surface area (Å²) in [6.45, 7) is 0.704. The highest BCUT2D eigenvalue weighted by Gasteiger charge is 2.42. The number of rotatable bonds is 11. The summed E-state index contributed by atoms with van der Waals surface area (Å²) in [6.07, 6.45) is -0.632. The van der Waals surface area contributed by atoms with Gasteiger partial charge in [-0.05, 0) is 31.0 Å². The third-order valence-electron chi connectivity index (χ3n) is 5.18. The SMILES string of the molecule is Cc1cc(CN2Cc3c(ccnc3CC(=O)NCCCO)C2=O)cnc1OCC(F)(F)C(F)F. The molecule has 0 radical (unpaired) electrons. The molecule has 0 spiro atoms. The van der Waals surface area contributed by atoms with Crippen LogP contribution in [-0.4, -0.2) is 63.9 Å². The van der Waals surface area contributed by atoms with E-state index in [0.29, 0.717) is 40.9 Å². The first-order valence-corrected chi connectivity index (χ1v) is 10.5. The molecule has 184 valence electrons. The van der Waals surface area contributed by atoms with Gasteiger partial charge in [0.15, 0.2) is 6.61 Å². The number of pyridine rings is 2. The number of aromatic nitrogens is 2. The van der Waals surface area contributed by atoms with Crippen LogP contribution in [0.2, 0.25) is 0 Å². The van der Waals surface area contributed by atoms with Crippen molar-refractivity contribution in [2.45, 2.75) is 45.2 Å². The van der Waals surface area contributed by atoms with Gasteiger partial charge >= 0.3 is 12.3 Å². The number of halogens is 4. The van der Waals surface area contributed by atoms with Crippen LogP contribution in [0.5, 0.6) is 5.88 Å². The Hall–Kier alpha value is -3.28. The summed E-state index contributed by atoms with van der Waals surface area (Å²) in [5.41, 5.74) is 2.50. The molecule has 0 fully saturated rings. The van der Waals surface area contributed by atoms with E-state index in [1.54, 1.807) is 12.1 Å². The molecule has 2 aromatic heterocycles. The van der Waals surface area contributed by atoms with Gasteiger partial charge in [0.05, 0.1) is 12.1 Å². The molecule has 0 bridgehead atoms. The van der Waals surface area contributed by atoms with E-state index >= 15 is 0 Å². The predicted octanol–water partition coefficient (Wildman–Crippen LogP) is 2.26. The molecule has 0 saturated carbocycles. The molecular weight excluding hydrogens is 460 g/mol. The lowest BCUT2D eigenvalue weighted by atomic mass is 10.1. The Kier molecular flexibility index (Phi) is 8.02. The van der Waals surface area contributed by atoms with Gasteiger partial charge in [-0.3, -0.25) is 14.6 Å².